The summed E-state index contributed by atoms with van der Waals surface area (Å²) in [4.78, 5) is 24.8. The summed E-state index contributed by atoms with van der Waals surface area (Å²) in [5.74, 6) is -0.356. The number of nitrogens with one attached hydrogen (secondary N) is 1. The highest BCUT2D eigenvalue weighted by molar-refractivity contribution is 5.88. The molecule has 1 aliphatic rings. The number of carbonyl (C=O) groups excluding carboxylic acids is 1. The van der Waals surface area contributed by atoms with E-state index < -0.39 is 36.7 Å². The predicted octanol–water partition coefficient (Wildman–Crippen LogP) is 1.52. The molecule has 11 nitrogen and oxygen atoms in total. The molecule has 1 unspecified atom stereocenters. The topological polar surface area (TPSA) is 152 Å². The molecule has 0 bridgehead atoms. The van der Waals surface area contributed by atoms with Gasteiger partial charge in [-0.15, -0.1) is 0 Å². The van der Waals surface area contributed by atoms with Crippen LogP contribution in [0.4, 0.5) is 5.95 Å². The van der Waals surface area contributed by atoms with Gasteiger partial charge < -0.3 is 24.8 Å². The number of imidazole rings is 1. The van der Waals surface area contributed by atoms with E-state index in [1.807, 2.05) is 60.7 Å². The fraction of sp³-hybridized carbons (Fsp3) is 0.250. The van der Waals surface area contributed by atoms with Crippen LogP contribution in [0, 0.1) is 0 Å². The minimum atomic E-state index is -1.58. The zero-order valence-electron chi connectivity index (χ0n) is 18.6. The van der Waals surface area contributed by atoms with Crippen LogP contribution in [0.5, 0.6) is 5.88 Å². The second kappa shape index (κ2) is 9.39. The molecule has 0 radical (unpaired) electrons. The minimum Gasteiger partial charge on any atom is -0.463 e. The van der Waals surface area contributed by atoms with E-state index in [-0.39, 0.29) is 23.0 Å². The molecule has 4 N–H and O–H groups in total. The van der Waals surface area contributed by atoms with Crippen LogP contribution in [-0.2, 0) is 9.53 Å². The number of fused-ring (bicyclic) bond motifs is 1. The van der Waals surface area contributed by atoms with Crippen molar-refractivity contribution in [3.63, 3.8) is 0 Å². The highest BCUT2D eigenvalue weighted by atomic mass is 16.7. The number of ether oxygens (including phenoxy) is 2. The molecule has 11 heteroatoms. The maximum atomic E-state index is 11.8. The maximum absolute atomic E-state index is 11.8. The van der Waals surface area contributed by atoms with Crippen molar-refractivity contribution >= 4 is 23.0 Å². The molecule has 3 heterocycles. The normalized spacial score (nSPS) is 22.0. The molecule has 0 spiro atoms. The van der Waals surface area contributed by atoms with Crippen molar-refractivity contribution < 1.29 is 29.6 Å². The van der Waals surface area contributed by atoms with E-state index in [0.717, 1.165) is 11.1 Å². The van der Waals surface area contributed by atoms with Crippen molar-refractivity contribution in [3.8, 4) is 5.88 Å². The van der Waals surface area contributed by atoms with Gasteiger partial charge >= 0.3 is 0 Å². The summed E-state index contributed by atoms with van der Waals surface area (Å²) in [6.07, 6.45) is -4.92. The molecule has 5 rings (SSSR count). The molecule has 35 heavy (non-hydrogen) atoms. The summed E-state index contributed by atoms with van der Waals surface area (Å²) in [6, 6.07) is 19.1. The first-order chi connectivity index (χ1) is 16.9. The molecular formula is C24H23N5O6. The lowest BCUT2D eigenvalue weighted by Gasteiger charge is -2.20. The Morgan fingerprint density at radius 1 is 1.00 bits per heavy atom. The fourth-order valence-corrected chi connectivity index (χ4v) is 3.94. The van der Waals surface area contributed by atoms with Crippen molar-refractivity contribution in [1.29, 1.82) is 0 Å². The standard InChI is InChI=1S/C24H23N5O6/c1-13(30)26-24-27-20-16(25-12-29(20)22-17(31)18(32)23(33)35-22)21(28-24)34-19(14-8-4-2-5-9-14)15-10-6-3-7-11-15/h2-12,17-19,22-23,31-33H,1H3,(H,26,27,28,30)/t17-,18+,22?,23+/m1/s1. The zero-order valence-corrected chi connectivity index (χ0v) is 18.6. The maximum Gasteiger partial charge on any atom is 0.248 e. The average Bonchev–Trinajstić information content (AvgIpc) is 3.39. The number of aliphatic hydroxyl groups is 3. The first kappa shape index (κ1) is 22.9. The summed E-state index contributed by atoms with van der Waals surface area (Å²) in [6.45, 7) is 1.32. The number of aromatic nitrogens is 4. The number of nitrogens with zero attached hydrogens (tertiary/aromatic N) is 4. The van der Waals surface area contributed by atoms with Crippen molar-refractivity contribution in [2.45, 2.75) is 37.8 Å². The van der Waals surface area contributed by atoms with E-state index in [1.165, 1.54) is 17.8 Å². The van der Waals surface area contributed by atoms with Crippen LogP contribution in [-0.4, -0.2) is 59.2 Å². The van der Waals surface area contributed by atoms with Gasteiger partial charge in [0.25, 0.3) is 0 Å². The first-order valence-corrected chi connectivity index (χ1v) is 10.9. The Hall–Kier alpha value is -3.90. The quantitative estimate of drug-likeness (QED) is 0.324. The Morgan fingerprint density at radius 2 is 1.63 bits per heavy atom. The number of rotatable bonds is 6. The van der Waals surface area contributed by atoms with Gasteiger partial charge in [-0.1, -0.05) is 60.7 Å². The van der Waals surface area contributed by atoms with E-state index in [2.05, 4.69) is 20.3 Å². The Kier molecular flexibility index (Phi) is 6.14. The van der Waals surface area contributed by atoms with Gasteiger partial charge in [0.1, 0.15) is 12.2 Å². The van der Waals surface area contributed by atoms with E-state index in [0.29, 0.717) is 0 Å². The molecule has 1 fully saturated rings. The third-order valence-corrected chi connectivity index (χ3v) is 5.60. The van der Waals surface area contributed by atoms with E-state index in [1.54, 1.807) is 0 Å². The largest absolute Gasteiger partial charge is 0.463 e. The lowest BCUT2D eigenvalue weighted by atomic mass is 10.0. The third-order valence-electron chi connectivity index (χ3n) is 5.60. The van der Waals surface area contributed by atoms with Crippen LogP contribution in [0.3, 0.4) is 0 Å². The molecule has 0 saturated carbocycles. The number of hydrogen-bond donors (Lipinski definition) is 4. The molecule has 1 saturated heterocycles. The molecule has 1 aliphatic heterocycles. The van der Waals surface area contributed by atoms with Crippen LogP contribution in [0.2, 0.25) is 0 Å². The highest BCUT2D eigenvalue weighted by Gasteiger charge is 2.43. The SMILES string of the molecule is CC(=O)Nc1nc(OC(c2ccccc2)c2ccccc2)c2ncn(C3O[C@H](O)[C@@H](O)[C@H]3O)c2n1. The van der Waals surface area contributed by atoms with Gasteiger partial charge in [0.2, 0.25) is 17.7 Å². The number of carbonyl (C=O) groups is 1. The van der Waals surface area contributed by atoms with Crippen LogP contribution < -0.4 is 10.1 Å². The molecule has 4 atom stereocenters. The summed E-state index contributed by atoms with van der Waals surface area (Å²) in [5, 5.41) is 32.7. The second-order valence-corrected chi connectivity index (χ2v) is 8.08. The number of aliphatic hydroxyl groups excluding tert-OH is 3. The number of hydrogen-bond acceptors (Lipinski definition) is 9. The van der Waals surface area contributed by atoms with Crippen LogP contribution in [0.1, 0.15) is 30.4 Å². The Balaban J connectivity index is 1.62. The monoisotopic (exact) mass is 477 g/mol. The molecular weight excluding hydrogens is 454 g/mol. The minimum absolute atomic E-state index is 0.0461. The lowest BCUT2D eigenvalue weighted by molar-refractivity contribution is -0.141. The molecule has 2 aromatic carbocycles. The van der Waals surface area contributed by atoms with Crippen molar-refractivity contribution in [2.24, 2.45) is 0 Å². The van der Waals surface area contributed by atoms with E-state index >= 15 is 0 Å². The van der Waals surface area contributed by atoms with E-state index in [9.17, 15) is 20.1 Å². The van der Waals surface area contributed by atoms with Crippen LogP contribution >= 0.6 is 0 Å². The van der Waals surface area contributed by atoms with Gasteiger partial charge in [-0.3, -0.25) is 14.7 Å². The molecule has 4 aromatic rings. The molecule has 2 aromatic heterocycles. The third kappa shape index (κ3) is 4.45. The van der Waals surface area contributed by atoms with Crippen LogP contribution in [0.25, 0.3) is 11.2 Å². The summed E-state index contributed by atoms with van der Waals surface area (Å²) in [5.41, 5.74) is 2.14. The van der Waals surface area contributed by atoms with Gasteiger partial charge in [-0.25, -0.2) is 4.98 Å². The second-order valence-electron chi connectivity index (χ2n) is 8.08. The smallest absolute Gasteiger partial charge is 0.248 e. The van der Waals surface area contributed by atoms with Crippen LogP contribution in [0.15, 0.2) is 67.0 Å². The average molecular weight is 477 g/mol. The Bertz CT molecular complexity index is 1290. The molecule has 1 amide bonds. The predicted molar refractivity (Wildman–Crippen MR) is 123 cm³/mol. The summed E-state index contributed by atoms with van der Waals surface area (Å²) in [7, 11) is 0. The van der Waals surface area contributed by atoms with Gasteiger partial charge in [0.15, 0.2) is 29.8 Å². The van der Waals surface area contributed by atoms with E-state index in [4.69, 9.17) is 9.47 Å². The highest BCUT2D eigenvalue weighted by Crippen LogP contribution is 2.35. The molecule has 0 aliphatic carbocycles. The van der Waals surface area contributed by atoms with Gasteiger partial charge in [0.05, 0.1) is 6.33 Å². The Morgan fingerprint density at radius 3 is 2.17 bits per heavy atom. The molecule has 180 valence electrons. The number of benzene rings is 2. The van der Waals surface area contributed by atoms with Gasteiger partial charge in [-0.2, -0.15) is 9.97 Å². The van der Waals surface area contributed by atoms with Gasteiger partial charge in [0, 0.05) is 6.92 Å². The summed E-state index contributed by atoms with van der Waals surface area (Å²) < 4.78 is 13.0. The first-order valence-electron chi connectivity index (χ1n) is 10.9. The number of anilines is 1. The summed E-state index contributed by atoms with van der Waals surface area (Å²) >= 11 is 0. The van der Waals surface area contributed by atoms with Crippen molar-refractivity contribution in [2.75, 3.05) is 5.32 Å². The number of amides is 1. The van der Waals surface area contributed by atoms with Gasteiger partial charge in [-0.05, 0) is 11.1 Å². The Labute approximate surface area is 199 Å². The lowest BCUT2D eigenvalue weighted by Crippen LogP contribution is -2.31. The van der Waals surface area contributed by atoms with Crippen molar-refractivity contribution in [1.82, 2.24) is 19.5 Å². The fourth-order valence-electron chi connectivity index (χ4n) is 3.94. The zero-order chi connectivity index (χ0) is 24.5. The van der Waals surface area contributed by atoms with Crippen molar-refractivity contribution in [3.05, 3.63) is 78.1 Å².